The van der Waals surface area contributed by atoms with Crippen molar-refractivity contribution >= 4 is 17.7 Å². The van der Waals surface area contributed by atoms with E-state index < -0.39 is 10.9 Å². The van der Waals surface area contributed by atoms with E-state index >= 15 is 0 Å². The quantitative estimate of drug-likeness (QED) is 0.383. The number of phenolic OH excluding ortho intramolecular Hbond substituents is 1. The highest BCUT2D eigenvalue weighted by molar-refractivity contribution is 5.94. The molecule has 6 nitrogen and oxygen atoms in total. The molecule has 96 valence electrons. The number of non-ortho nitro benzene ring substituents is 1. The van der Waals surface area contributed by atoms with Crippen LogP contribution in [0.2, 0.25) is 0 Å². The van der Waals surface area contributed by atoms with Crippen LogP contribution in [0.25, 0.3) is 6.08 Å². The number of nitrogens with zero attached hydrogens (tertiary/aromatic N) is 1. The van der Waals surface area contributed by atoms with Gasteiger partial charge in [0.25, 0.3) is 5.69 Å². The summed E-state index contributed by atoms with van der Waals surface area (Å²) >= 11 is 0. The molecule has 0 heterocycles. The number of aromatic hydroxyl groups is 1. The summed E-state index contributed by atoms with van der Waals surface area (Å²) in [6.45, 7) is 1.77. The van der Waals surface area contributed by atoms with Gasteiger partial charge in [-0.25, -0.2) is 4.79 Å². The number of nitro benzene ring substituents is 1. The molecule has 1 N–H and O–H groups in total. The van der Waals surface area contributed by atoms with Crippen molar-refractivity contribution in [1.29, 1.82) is 0 Å². The summed E-state index contributed by atoms with van der Waals surface area (Å²) in [5, 5.41) is 20.1. The number of carbonyl (C=O) groups excluding carboxylic acids is 1. The molecular weight excluding hydrogens is 238 g/mol. The Morgan fingerprint density at radius 3 is 2.67 bits per heavy atom. The van der Waals surface area contributed by atoms with Crippen molar-refractivity contribution in [2.75, 3.05) is 7.11 Å². The highest BCUT2D eigenvalue weighted by Gasteiger charge is 2.12. The van der Waals surface area contributed by atoms with Gasteiger partial charge in [-0.1, -0.05) is 6.92 Å². The predicted octanol–water partition coefficient (Wildman–Crippen LogP) is 2.27. The molecule has 0 bridgehead atoms. The second-order valence-electron chi connectivity index (χ2n) is 3.51. The van der Waals surface area contributed by atoms with E-state index in [-0.39, 0.29) is 11.4 Å². The van der Waals surface area contributed by atoms with Gasteiger partial charge in [-0.05, 0) is 18.6 Å². The molecule has 18 heavy (non-hydrogen) atoms. The summed E-state index contributed by atoms with van der Waals surface area (Å²) < 4.78 is 4.58. The Balaban J connectivity index is 3.14. The number of phenols is 1. The van der Waals surface area contributed by atoms with E-state index in [0.717, 1.165) is 6.07 Å². The van der Waals surface area contributed by atoms with Gasteiger partial charge in [0.2, 0.25) is 0 Å². The van der Waals surface area contributed by atoms with Crippen molar-refractivity contribution in [3.05, 3.63) is 39.4 Å². The largest absolute Gasteiger partial charge is 0.507 e. The van der Waals surface area contributed by atoms with Crippen molar-refractivity contribution in [3.8, 4) is 5.75 Å². The Kier molecular flexibility index (Phi) is 4.42. The highest BCUT2D eigenvalue weighted by Crippen LogP contribution is 2.26. The van der Waals surface area contributed by atoms with Crippen molar-refractivity contribution in [2.45, 2.75) is 13.3 Å². The summed E-state index contributed by atoms with van der Waals surface area (Å²) in [5.41, 5.74) is 0.505. The molecule has 0 aromatic heterocycles. The summed E-state index contributed by atoms with van der Waals surface area (Å²) in [4.78, 5) is 21.3. The van der Waals surface area contributed by atoms with Gasteiger partial charge in [-0.15, -0.1) is 0 Å². The van der Waals surface area contributed by atoms with Crippen molar-refractivity contribution < 1.29 is 19.6 Å². The number of esters is 1. The van der Waals surface area contributed by atoms with Crippen molar-refractivity contribution in [3.63, 3.8) is 0 Å². The number of methoxy groups -OCH3 is 1. The van der Waals surface area contributed by atoms with Gasteiger partial charge in [0.1, 0.15) is 5.75 Å². The Bertz CT molecular complexity index is 507. The van der Waals surface area contributed by atoms with Gasteiger partial charge < -0.3 is 9.84 Å². The molecule has 0 amide bonds. The lowest BCUT2D eigenvalue weighted by atomic mass is 10.1. The fraction of sp³-hybridized carbons (Fsp3) is 0.250. The summed E-state index contributed by atoms with van der Waals surface area (Å²) in [7, 11) is 1.27. The minimum atomic E-state index is -0.603. The Morgan fingerprint density at radius 2 is 2.22 bits per heavy atom. The molecule has 1 aromatic carbocycles. The molecule has 0 saturated heterocycles. The molecule has 0 saturated carbocycles. The second-order valence-corrected chi connectivity index (χ2v) is 3.51. The van der Waals surface area contributed by atoms with E-state index in [9.17, 15) is 20.0 Å². The van der Waals surface area contributed by atoms with E-state index in [1.807, 2.05) is 0 Å². The summed E-state index contributed by atoms with van der Waals surface area (Å²) in [5.74, 6) is -0.741. The zero-order chi connectivity index (χ0) is 13.7. The SMILES string of the molecule is CC/C(=C\c1ccc([N+](=O)[O-])cc1O)C(=O)OC. The van der Waals surface area contributed by atoms with Crippen LogP contribution in [-0.2, 0) is 9.53 Å². The van der Waals surface area contributed by atoms with Crippen LogP contribution in [0.5, 0.6) is 5.75 Å². The smallest absolute Gasteiger partial charge is 0.333 e. The van der Waals surface area contributed by atoms with Crippen molar-refractivity contribution in [2.24, 2.45) is 0 Å². The van der Waals surface area contributed by atoms with Gasteiger partial charge in [0.15, 0.2) is 0 Å². The van der Waals surface area contributed by atoms with Crippen molar-refractivity contribution in [1.82, 2.24) is 0 Å². The van der Waals surface area contributed by atoms with Crippen LogP contribution in [-0.4, -0.2) is 23.1 Å². The number of carbonyl (C=O) groups is 1. The maximum Gasteiger partial charge on any atom is 0.333 e. The lowest BCUT2D eigenvalue weighted by Gasteiger charge is -2.04. The molecule has 6 heteroatoms. The van der Waals surface area contributed by atoms with E-state index in [2.05, 4.69) is 4.74 Å². The Labute approximate surface area is 104 Å². The van der Waals surface area contributed by atoms with Gasteiger partial charge >= 0.3 is 5.97 Å². The lowest BCUT2D eigenvalue weighted by molar-refractivity contribution is -0.384. The average Bonchev–Trinajstić information content (AvgIpc) is 2.36. The zero-order valence-electron chi connectivity index (χ0n) is 10.0. The maximum atomic E-state index is 11.4. The van der Waals surface area contributed by atoms with E-state index in [1.54, 1.807) is 6.92 Å². The molecule has 0 aliphatic carbocycles. The van der Waals surface area contributed by atoms with Crippen LogP contribution in [0.3, 0.4) is 0 Å². The third-order valence-electron chi connectivity index (χ3n) is 2.38. The molecule has 1 aromatic rings. The number of nitro groups is 1. The van der Waals surface area contributed by atoms with Gasteiger partial charge in [0, 0.05) is 17.2 Å². The predicted molar refractivity (Wildman–Crippen MR) is 65.0 cm³/mol. The summed E-state index contributed by atoms with van der Waals surface area (Å²) in [6, 6.07) is 3.68. The fourth-order valence-electron chi connectivity index (χ4n) is 1.39. The van der Waals surface area contributed by atoms with Crippen LogP contribution in [0.4, 0.5) is 5.69 Å². The van der Waals surface area contributed by atoms with Crippen LogP contribution >= 0.6 is 0 Å². The number of ether oxygens (including phenoxy) is 1. The first-order valence-corrected chi connectivity index (χ1v) is 5.25. The molecule has 0 radical (unpaired) electrons. The van der Waals surface area contributed by atoms with Gasteiger partial charge in [-0.2, -0.15) is 0 Å². The first kappa shape index (κ1) is 13.7. The maximum absolute atomic E-state index is 11.4. The number of hydrogen-bond acceptors (Lipinski definition) is 5. The minimum Gasteiger partial charge on any atom is -0.507 e. The monoisotopic (exact) mass is 251 g/mol. The van der Waals surface area contributed by atoms with E-state index in [4.69, 9.17) is 0 Å². The normalized spacial score (nSPS) is 11.1. The first-order valence-electron chi connectivity index (χ1n) is 5.25. The van der Waals surface area contributed by atoms with Crippen LogP contribution < -0.4 is 0 Å². The molecular formula is C12H13NO5. The van der Waals surface area contributed by atoms with E-state index in [0.29, 0.717) is 17.6 Å². The first-order chi connectivity index (χ1) is 8.49. The molecule has 0 fully saturated rings. The van der Waals surface area contributed by atoms with Gasteiger partial charge in [0.05, 0.1) is 18.1 Å². The third kappa shape index (κ3) is 3.07. The molecule has 0 unspecified atom stereocenters. The average molecular weight is 251 g/mol. The Morgan fingerprint density at radius 1 is 1.56 bits per heavy atom. The molecule has 0 aliphatic rings. The standard InChI is InChI=1S/C12H13NO5/c1-3-8(12(15)18-2)6-9-4-5-10(13(16)17)7-11(9)14/h4-7,14H,3H2,1-2H3/b8-6+. The molecule has 0 aliphatic heterocycles. The fourth-order valence-corrected chi connectivity index (χ4v) is 1.39. The minimum absolute atomic E-state index is 0.208. The summed E-state index contributed by atoms with van der Waals surface area (Å²) in [6.07, 6.45) is 1.88. The molecule has 1 rings (SSSR count). The number of benzene rings is 1. The second kappa shape index (κ2) is 5.81. The molecule has 0 atom stereocenters. The highest BCUT2D eigenvalue weighted by atomic mass is 16.6. The topological polar surface area (TPSA) is 89.7 Å². The van der Waals surface area contributed by atoms with Crippen LogP contribution in [0.15, 0.2) is 23.8 Å². The zero-order valence-corrected chi connectivity index (χ0v) is 10.0. The van der Waals surface area contributed by atoms with Crippen LogP contribution in [0, 0.1) is 10.1 Å². The van der Waals surface area contributed by atoms with Gasteiger partial charge in [-0.3, -0.25) is 10.1 Å². The Hall–Kier alpha value is -2.37. The molecule has 0 spiro atoms. The number of hydrogen-bond donors (Lipinski definition) is 1. The number of rotatable bonds is 4. The van der Waals surface area contributed by atoms with Crippen LogP contribution in [0.1, 0.15) is 18.9 Å². The lowest BCUT2D eigenvalue weighted by Crippen LogP contribution is -2.03. The third-order valence-corrected chi connectivity index (χ3v) is 2.38. The van der Waals surface area contributed by atoms with E-state index in [1.165, 1.54) is 25.3 Å².